The molecule has 0 bridgehead atoms. The number of benzene rings is 3. The van der Waals surface area contributed by atoms with E-state index in [1.54, 1.807) is 18.2 Å². The van der Waals surface area contributed by atoms with Crippen molar-refractivity contribution in [2.45, 2.75) is 25.7 Å². The van der Waals surface area contributed by atoms with Crippen molar-refractivity contribution < 1.29 is 28.3 Å². The van der Waals surface area contributed by atoms with E-state index in [-0.39, 0.29) is 35.7 Å². The minimum atomic E-state index is -3.42. The Kier molecular flexibility index (Phi) is 6.96. The fourth-order valence-electron chi connectivity index (χ4n) is 4.20. The number of anilines is 2. The number of carboxylic acids is 1. The summed E-state index contributed by atoms with van der Waals surface area (Å²) >= 11 is 0. The van der Waals surface area contributed by atoms with Crippen LogP contribution in [0.15, 0.2) is 78.9 Å². The molecule has 184 valence electrons. The van der Waals surface area contributed by atoms with Crippen molar-refractivity contribution in [3.63, 3.8) is 0 Å². The molecule has 0 saturated carbocycles. The summed E-state index contributed by atoms with van der Waals surface area (Å²) in [4.78, 5) is 38.2. The summed E-state index contributed by atoms with van der Waals surface area (Å²) in [6.45, 7) is 1.63. The second-order valence-corrected chi connectivity index (χ2v) is 8.55. The number of aliphatic carboxylic acids is 1. The number of allylic oxidation sites excluding steroid dienone is 1. The topological polar surface area (TPSA) is 86.7 Å². The van der Waals surface area contributed by atoms with Gasteiger partial charge in [-0.05, 0) is 48.4 Å². The van der Waals surface area contributed by atoms with E-state index in [1.807, 2.05) is 31.2 Å². The summed E-state index contributed by atoms with van der Waals surface area (Å²) in [7, 11) is 0. The minimum absolute atomic E-state index is 0.00385. The highest BCUT2D eigenvalue weighted by atomic mass is 19.3. The Labute approximate surface area is 206 Å². The van der Waals surface area contributed by atoms with Crippen LogP contribution in [0, 0.1) is 6.92 Å². The molecule has 0 fully saturated rings. The molecule has 0 aromatic heterocycles. The van der Waals surface area contributed by atoms with Gasteiger partial charge in [-0.1, -0.05) is 42.5 Å². The number of aryl methyl sites for hydroxylation is 1. The molecule has 0 unspecified atom stereocenters. The zero-order chi connectivity index (χ0) is 25.9. The van der Waals surface area contributed by atoms with Crippen LogP contribution in [-0.4, -0.2) is 35.4 Å². The number of fused-ring (bicyclic) bond motifs is 1. The lowest BCUT2D eigenvalue weighted by Crippen LogP contribution is -2.33. The molecule has 6 nitrogen and oxygen atoms in total. The maximum atomic E-state index is 14.9. The molecule has 2 N–H and O–H groups in total. The van der Waals surface area contributed by atoms with E-state index in [0.717, 1.165) is 11.1 Å². The van der Waals surface area contributed by atoms with Gasteiger partial charge in [0.1, 0.15) is 0 Å². The van der Waals surface area contributed by atoms with Crippen LogP contribution in [0.1, 0.15) is 33.5 Å². The van der Waals surface area contributed by atoms with Crippen LogP contribution in [-0.2, 0) is 16.0 Å². The number of amides is 2. The predicted molar refractivity (Wildman–Crippen MR) is 133 cm³/mol. The van der Waals surface area contributed by atoms with Gasteiger partial charge in [0.2, 0.25) is 5.91 Å². The predicted octanol–water partition coefficient (Wildman–Crippen LogP) is 5.33. The number of hydrogen-bond donors (Lipinski definition) is 2. The van der Waals surface area contributed by atoms with Crippen molar-refractivity contribution in [3.8, 4) is 0 Å². The first kappa shape index (κ1) is 24.8. The van der Waals surface area contributed by atoms with Crippen molar-refractivity contribution in [1.29, 1.82) is 0 Å². The van der Waals surface area contributed by atoms with Gasteiger partial charge in [0.05, 0.1) is 12.1 Å². The Bertz CT molecular complexity index is 1350. The monoisotopic (exact) mass is 490 g/mol. The largest absolute Gasteiger partial charge is 0.478 e. The summed E-state index contributed by atoms with van der Waals surface area (Å²) in [5.74, 6) is -5.62. The molecule has 1 heterocycles. The first-order chi connectivity index (χ1) is 17.2. The fraction of sp³-hybridized carbons (Fsp3) is 0.179. The Morgan fingerprint density at radius 1 is 1.00 bits per heavy atom. The number of halogens is 2. The molecule has 0 radical (unpaired) electrons. The zero-order valence-electron chi connectivity index (χ0n) is 19.5. The quantitative estimate of drug-likeness (QED) is 0.474. The van der Waals surface area contributed by atoms with Gasteiger partial charge >= 0.3 is 5.97 Å². The van der Waals surface area contributed by atoms with E-state index in [9.17, 15) is 23.2 Å². The number of hydrogen-bond acceptors (Lipinski definition) is 3. The molecule has 0 atom stereocenters. The van der Waals surface area contributed by atoms with E-state index in [0.29, 0.717) is 11.8 Å². The van der Waals surface area contributed by atoms with Crippen LogP contribution in [0.2, 0.25) is 0 Å². The molecular weight excluding hydrogens is 466 g/mol. The van der Waals surface area contributed by atoms with Crippen molar-refractivity contribution in [2.24, 2.45) is 0 Å². The molecule has 1 aliphatic heterocycles. The smallest absolute Gasteiger partial charge is 0.328 e. The lowest BCUT2D eigenvalue weighted by Gasteiger charge is -2.23. The third-order valence-electron chi connectivity index (χ3n) is 6.07. The van der Waals surface area contributed by atoms with Crippen LogP contribution in [0.3, 0.4) is 0 Å². The molecule has 8 heteroatoms. The highest BCUT2D eigenvalue weighted by Crippen LogP contribution is 2.43. The molecule has 3 aromatic rings. The fourth-order valence-corrected chi connectivity index (χ4v) is 4.20. The Hall–Kier alpha value is -4.33. The van der Waals surface area contributed by atoms with Crippen molar-refractivity contribution >= 4 is 34.7 Å². The summed E-state index contributed by atoms with van der Waals surface area (Å²) in [6, 6.07) is 19.8. The number of carboxylic acid groups (broad SMARTS) is 1. The van der Waals surface area contributed by atoms with Crippen LogP contribution < -0.4 is 10.2 Å². The van der Waals surface area contributed by atoms with E-state index in [2.05, 4.69) is 5.32 Å². The Balaban J connectivity index is 1.55. The molecule has 3 aromatic carbocycles. The third-order valence-corrected chi connectivity index (χ3v) is 6.07. The van der Waals surface area contributed by atoms with E-state index < -0.39 is 29.8 Å². The normalized spacial score (nSPS) is 15.6. The van der Waals surface area contributed by atoms with Crippen LogP contribution in [0.25, 0.3) is 5.57 Å². The SMILES string of the molecule is Cc1ccccc1CC(=O)Nc1ccc(C(=O)N2CCC(F)(F)/C(=C\C(=O)O)c3ccccc32)cc1. The first-order valence-corrected chi connectivity index (χ1v) is 11.3. The number of nitrogens with zero attached hydrogens (tertiary/aromatic N) is 1. The number of para-hydroxylation sites is 1. The molecule has 1 aliphatic rings. The van der Waals surface area contributed by atoms with Crippen molar-refractivity contribution in [1.82, 2.24) is 0 Å². The Morgan fingerprint density at radius 3 is 2.36 bits per heavy atom. The van der Waals surface area contributed by atoms with Gasteiger partial charge in [0.25, 0.3) is 11.8 Å². The number of alkyl halides is 2. The highest BCUT2D eigenvalue weighted by Gasteiger charge is 2.41. The van der Waals surface area contributed by atoms with Gasteiger partial charge in [-0.2, -0.15) is 0 Å². The van der Waals surface area contributed by atoms with E-state index in [4.69, 9.17) is 5.11 Å². The van der Waals surface area contributed by atoms with Crippen LogP contribution >= 0.6 is 0 Å². The van der Waals surface area contributed by atoms with Gasteiger partial charge in [-0.25, -0.2) is 13.6 Å². The minimum Gasteiger partial charge on any atom is -0.478 e. The maximum absolute atomic E-state index is 14.9. The lowest BCUT2D eigenvalue weighted by molar-refractivity contribution is -0.131. The van der Waals surface area contributed by atoms with Crippen LogP contribution in [0.4, 0.5) is 20.2 Å². The second-order valence-electron chi connectivity index (χ2n) is 8.55. The van der Waals surface area contributed by atoms with Crippen LogP contribution in [0.5, 0.6) is 0 Å². The van der Waals surface area contributed by atoms with Gasteiger partial charge in [0, 0.05) is 41.4 Å². The summed E-state index contributed by atoms with van der Waals surface area (Å²) in [6.07, 6.45) is -0.0148. The number of nitrogens with one attached hydrogen (secondary N) is 1. The summed E-state index contributed by atoms with van der Waals surface area (Å²) < 4.78 is 29.7. The standard InChI is InChI=1S/C28H24F2N2O4/c1-18-6-2-3-7-20(18)16-25(33)31-21-12-10-19(11-13-21)27(36)32-15-14-28(29,30)23(17-26(34)35)22-8-4-5-9-24(22)32/h2-13,17H,14-16H2,1H3,(H,31,33)(H,34,35)/b23-17-. The zero-order valence-corrected chi connectivity index (χ0v) is 19.5. The Morgan fingerprint density at radius 2 is 1.67 bits per heavy atom. The molecule has 0 saturated heterocycles. The number of carbonyl (C=O) groups excluding carboxylic acids is 2. The molecule has 0 spiro atoms. The molecule has 0 aliphatic carbocycles. The second kappa shape index (κ2) is 10.1. The summed E-state index contributed by atoms with van der Waals surface area (Å²) in [5, 5.41) is 11.9. The molecule has 36 heavy (non-hydrogen) atoms. The summed E-state index contributed by atoms with van der Waals surface area (Å²) in [5.41, 5.74) is 2.24. The number of carbonyl (C=O) groups is 3. The molecule has 4 rings (SSSR count). The van der Waals surface area contributed by atoms with Gasteiger partial charge in [0.15, 0.2) is 0 Å². The average Bonchev–Trinajstić information content (AvgIpc) is 2.94. The molecular formula is C28H24F2N2O4. The molecule has 2 amide bonds. The lowest BCUT2D eigenvalue weighted by atomic mass is 9.97. The van der Waals surface area contributed by atoms with Gasteiger partial charge < -0.3 is 15.3 Å². The van der Waals surface area contributed by atoms with Crippen molar-refractivity contribution in [3.05, 3.63) is 101 Å². The average molecular weight is 491 g/mol. The van der Waals surface area contributed by atoms with Gasteiger partial charge in [-0.3, -0.25) is 9.59 Å². The van der Waals surface area contributed by atoms with E-state index in [1.165, 1.54) is 35.2 Å². The van der Waals surface area contributed by atoms with Crippen molar-refractivity contribution in [2.75, 3.05) is 16.8 Å². The highest BCUT2D eigenvalue weighted by molar-refractivity contribution is 6.09. The number of rotatable bonds is 5. The van der Waals surface area contributed by atoms with Gasteiger partial charge in [-0.15, -0.1) is 0 Å². The first-order valence-electron chi connectivity index (χ1n) is 11.3. The maximum Gasteiger partial charge on any atom is 0.328 e. The van der Waals surface area contributed by atoms with E-state index >= 15 is 0 Å². The third kappa shape index (κ3) is 5.33.